The Morgan fingerprint density at radius 1 is 1.31 bits per heavy atom. The molecule has 2 aliphatic rings. The van der Waals surface area contributed by atoms with E-state index < -0.39 is 5.60 Å². The van der Waals surface area contributed by atoms with Gasteiger partial charge in [0.2, 0.25) is 5.95 Å². The standard InChI is InChI=1S/C21H26ClN5O2/c1-14-5-4-6-16(22)17(14)24-20(28)27-10-8-21(9-11-27)18-15(7-12-29-21)13-23-19(25-18)26(2)3/h4-6,13H,7-12H2,1-3H3,(H,24,28). The number of nitrogens with zero attached hydrogens (tertiary/aromatic N) is 4. The van der Waals surface area contributed by atoms with E-state index >= 15 is 0 Å². The van der Waals surface area contributed by atoms with Crippen molar-refractivity contribution in [3.8, 4) is 0 Å². The number of anilines is 2. The smallest absolute Gasteiger partial charge is 0.321 e. The number of ether oxygens (including phenoxy) is 1. The summed E-state index contributed by atoms with van der Waals surface area (Å²) >= 11 is 6.25. The molecular formula is C21H26ClN5O2. The lowest BCUT2D eigenvalue weighted by molar-refractivity contribution is -0.0953. The molecule has 2 aliphatic heterocycles. The largest absolute Gasteiger partial charge is 0.368 e. The molecule has 0 bridgehead atoms. The van der Waals surface area contributed by atoms with Gasteiger partial charge in [-0.25, -0.2) is 14.8 Å². The van der Waals surface area contributed by atoms with Crippen molar-refractivity contribution in [1.82, 2.24) is 14.9 Å². The van der Waals surface area contributed by atoms with Crippen LogP contribution in [-0.4, -0.2) is 54.7 Å². The highest BCUT2D eigenvalue weighted by molar-refractivity contribution is 6.33. The number of aryl methyl sites for hydroxylation is 1. The van der Waals surface area contributed by atoms with Crippen LogP contribution >= 0.6 is 11.6 Å². The number of halogens is 1. The number of piperidine rings is 1. The van der Waals surface area contributed by atoms with Gasteiger partial charge in [0.05, 0.1) is 23.0 Å². The molecule has 1 aromatic carbocycles. The van der Waals surface area contributed by atoms with E-state index in [0.717, 1.165) is 23.2 Å². The van der Waals surface area contributed by atoms with E-state index in [9.17, 15) is 4.79 Å². The van der Waals surface area contributed by atoms with Crippen LogP contribution in [0.3, 0.4) is 0 Å². The quantitative estimate of drug-likeness (QED) is 0.811. The maximum Gasteiger partial charge on any atom is 0.321 e. The van der Waals surface area contributed by atoms with Crippen LogP contribution in [0.15, 0.2) is 24.4 Å². The van der Waals surface area contributed by atoms with Gasteiger partial charge in [-0.1, -0.05) is 23.7 Å². The summed E-state index contributed by atoms with van der Waals surface area (Å²) in [7, 11) is 3.86. The minimum Gasteiger partial charge on any atom is -0.368 e. The molecule has 0 unspecified atom stereocenters. The number of carbonyl (C=O) groups is 1. The van der Waals surface area contributed by atoms with E-state index in [-0.39, 0.29) is 6.03 Å². The molecule has 3 heterocycles. The van der Waals surface area contributed by atoms with Gasteiger partial charge in [-0.3, -0.25) is 0 Å². The number of hydrogen-bond donors (Lipinski definition) is 1. The monoisotopic (exact) mass is 415 g/mol. The molecule has 1 saturated heterocycles. The molecule has 154 valence electrons. The van der Waals surface area contributed by atoms with E-state index in [1.807, 2.05) is 49.1 Å². The summed E-state index contributed by atoms with van der Waals surface area (Å²) in [5.74, 6) is 0.683. The van der Waals surface area contributed by atoms with E-state index in [1.165, 1.54) is 0 Å². The van der Waals surface area contributed by atoms with Gasteiger partial charge >= 0.3 is 6.03 Å². The number of fused-ring (bicyclic) bond motifs is 2. The molecular weight excluding hydrogens is 390 g/mol. The van der Waals surface area contributed by atoms with Crippen molar-refractivity contribution >= 4 is 29.3 Å². The van der Waals surface area contributed by atoms with Crippen molar-refractivity contribution in [2.75, 3.05) is 44.0 Å². The second kappa shape index (κ2) is 7.80. The van der Waals surface area contributed by atoms with Gasteiger partial charge in [0.25, 0.3) is 0 Å². The van der Waals surface area contributed by atoms with Gasteiger partial charge in [0.15, 0.2) is 0 Å². The number of para-hydroxylation sites is 1. The SMILES string of the molecule is Cc1cccc(Cl)c1NC(=O)N1CCC2(CC1)OCCc1cnc(N(C)C)nc12. The summed E-state index contributed by atoms with van der Waals surface area (Å²) in [4.78, 5) is 25.8. The number of rotatable bonds is 2. The summed E-state index contributed by atoms with van der Waals surface area (Å²) in [6.07, 6.45) is 4.15. The highest BCUT2D eigenvalue weighted by Gasteiger charge is 2.43. The Labute approximate surface area is 176 Å². The van der Waals surface area contributed by atoms with Crippen LogP contribution in [0.1, 0.15) is 29.7 Å². The molecule has 8 heteroatoms. The Bertz CT molecular complexity index is 905. The van der Waals surface area contributed by atoms with Crippen molar-refractivity contribution < 1.29 is 9.53 Å². The topological polar surface area (TPSA) is 70.6 Å². The van der Waals surface area contributed by atoms with E-state index in [4.69, 9.17) is 21.3 Å². The molecule has 4 rings (SSSR count). The first kappa shape index (κ1) is 19.9. The summed E-state index contributed by atoms with van der Waals surface area (Å²) in [5.41, 5.74) is 3.29. The highest BCUT2D eigenvalue weighted by Crippen LogP contribution is 2.41. The zero-order valence-electron chi connectivity index (χ0n) is 17.0. The van der Waals surface area contributed by atoms with Gasteiger partial charge in [-0.05, 0) is 43.4 Å². The third-order valence-corrected chi connectivity index (χ3v) is 6.06. The average molecular weight is 416 g/mol. The summed E-state index contributed by atoms with van der Waals surface area (Å²) in [5, 5.41) is 3.51. The lowest BCUT2D eigenvalue weighted by Crippen LogP contribution is -2.50. The molecule has 1 N–H and O–H groups in total. The van der Waals surface area contributed by atoms with Crippen molar-refractivity contribution in [3.63, 3.8) is 0 Å². The lowest BCUT2D eigenvalue weighted by Gasteiger charge is -2.44. The van der Waals surface area contributed by atoms with Crippen LogP contribution in [0.2, 0.25) is 5.02 Å². The van der Waals surface area contributed by atoms with Gasteiger partial charge in [0.1, 0.15) is 5.60 Å². The molecule has 29 heavy (non-hydrogen) atoms. The first-order valence-corrected chi connectivity index (χ1v) is 10.3. The van der Waals surface area contributed by atoms with Crippen LogP contribution in [0.4, 0.5) is 16.4 Å². The Hall–Kier alpha value is -2.38. The molecule has 2 aromatic rings. The van der Waals surface area contributed by atoms with Gasteiger partial charge in [0, 0.05) is 33.4 Å². The van der Waals surface area contributed by atoms with Gasteiger partial charge < -0.3 is 19.9 Å². The predicted octanol–water partition coefficient (Wildman–Crippen LogP) is 3.60. The number of carbonyl (C=O) groups excluding carboxylic acids is 1. The number of urea groups is 1. The molecule has 0 aliphatic carbocycles. The third-order valence-electron chi connectivity index (χ3n) is 5.75. The zero-order valence-corrected chi connectivity index (χ0v) is 17.8. The van der Waals surface area contributed by atoms with Crippen molar-refractivity contribution in [2.24, 2.45) is 0 Å². The number of amides is 2. The molecule has 0 atom stereocenters. The normalized spacial score (nSPS) is 17.7. The Morgan fingerprint density at radius 3 is 2.76 bits per heavy atom. The Balaban J connectivity index is 1.50. The lowest BCUT2D eigenvalue weighted by atomic mass is 9.83. The predicted molar refractivity (Wildman–Crippen MR) is 114 cm³/mol. The first-order valence-electron chi connectivity index (χ1n) is 9.88. The van der Waals surface area contributed by atoms with E-state index in [0.29, 0.717) is 49.2 Å². The molecule has 1 aromatic heterocycles. The highest BCUT2D eigenvalue weighted by atomic mass is 35.5. The number of likely N-dealkylation sites (tertiary alicyclic amines) is 1. The number of hydrogen-bond acceptors (Lipinski definition) is 5. The van der Waals surface area contributed by atoms with Gasteiger partial charge in [-0.2, -0.15) is 0 Å². The second-order valence-electron chi connectivity index (χ2n) is 7.88. The van der Waals surface area contributed by atoms with Crippen LogP contribution < -0.4 is 10.2 Å². The molecule has 0 saturated carbocycles. The van der Waals surface area contributed by atoms with Crippen LogP contribution in [0.5, 0.6) is 0 Å². The summed E-state index contributed by atoms with van der Waals surface area (Å²) in [6, 6.07) is 5.45. The maximum atomic E-state index is 12.8. The maximum absolute atomic E-state index is 12.8. The van der Waals surface area contributed by atoms with Crippen LogP contribution in [0, 0.1) is 6.92 Å². The van der Waals surface area contributed by atoms with E-state index in [2.05, 4.69) is 10.3 Å². The zero-order chi connectivity index (χ0) is 20.6. The Kier molecular flexibility index (Phi) is 5.36. The number of benzene rings is 1. The summed E-state index contributed by atoms with van der Waals surface area (Å²) in [6.45, 7) is 3.77. The molecule has 0 radical (unpaired) electrons. The minimum atomic E-state index is -0.446. The minimum absolute atomic E-state index is 0.135. The molecule has 7 nitrogen and oxygen atoms in total. The Morgan fingerprint density at radius 2 is 2.07 bits per heavy atom. The fourth-order valence-electron chi connectivity index (χ4n) is 4.04. The summed E-state index contributed by atoms with van der Waals surface area (Å²) < 4.78 is 6.26. The van der Waals surface area contributed by atoms with Crippen molar-refractivity contribution in [2.45, 2.75) is 31.8 Å². The first-order chi connectivity index (χ1) is 13.9. The fourth-order valence-corrected chi connectivity index (χ4v) is 4.31. The van der Waals surface area contributed by atoms with Crippen molar-refractivity contribution in [3.05, 3.63) is 46.2 Å². The van der Waals surface area contributed by atoms with Crippen molar-refractivity contribution in [1.29, 1.82) is 0 Å². The number of aromatic nitrogens is 2. The molecule has 1 spiro atoms. The third kappa shape index (κ3) is 3.76. The fraction of sp³-hybridized carbons (Fsp3) is 0.476. The van der Waals surface area contributed by atoms with Crippen LogP contribution in [0.25, 0.3) is 0 Å². The van der Waals surface area contributed by atoms with Crippen LogP contribution in [-0.2, 0) is 16.8 Å². The molecule has 1 fully saturated rings. The number of nitrogens with one attached hydrogen (secondary N) is 1. The average Bonchev–Trinajstić information content (AvgIpc) is 2.71. The van der Waals surface area contributed by atoms with Gasteiger partial charge in [-0.15, -0.1) is 0 Å². The molecule has 2 amide bonds. The second-order valence-corrected chi connectivity index (χ2v) is 8.29. The van der Waals surface area contributed by atoms with E-state index in [1.54, 1.807) is 6.07 Å².